The number of sulfonamides is 1. The molecule has 0 unspecified atom stereocenters. The third-order valence-corrected chi connectivity index (χ3v) is 6.88. The quantitative estimate of drug-likeness (QED) is 0.426. The highest BCUT2D eigenvalue weighted by Gasteiger charge is 2.25. The van der Waals surface area contributed by atoms with E-state index < -0.39 is 16.1 Å². The lowest BCUT2D eigenvalue weighted by Crippen LogP contribution is -2.29. The van der Waals surface area contributed by atoms with Gasteiger partial charge in [0.2, 0.25) is 10.0 Å². The van der Waals surface area contributed by atoms with Crippen LogP contribution in [0.15, 0.2) is 53.6 Å². The highest BCUT2D eigenvalue weighted by atomic mass is 32.2. The van der Waals surface area contributed by atoms with Crippen LogP contribution >= 0.6 is 0 Å². The summed E-state index contributed by atoms with van der Waals surface area (Å²) in [6, 6.07) is 11.8. The summed E-state index contributed by atoms with van der Waals surface area (Å²) in [5.41, 5.74) is 0.941. The second-order valence-electron chi connectivity index (χ2n) is 7.56. The van der Waals surface area contributed by atoms with Crippen molar-refractivity contribution in [2.45, 2.75) is 31.3 Å². The second kappa shape index (κ2) is 8.41. The van der Waals surface area contributed by atoms with E-state index in [9.17, 15) is 8.42 Å². The summed E-state index contributed by atoms with van der Waals surface area (Å²) in [5.74, 6) is 1.97. The van der Waals surface area contributed by atoms with Crippen molar-refractivity contribution >= 4 is 20.9 Å². The van der Waals surface area contributed by atoms with Gasteiger partial charge in [0.1, 0.15) is 19.0 Å². The van der Waals surface area contributed by atoms with Gasteiger partial charge in [0.05, 0.1) is 10.9 Å². The lowest BCUT2D eigenvalue weighted by Gasteiger charge is -2.19. The maximum atomic E-state index is 13.0. The van der Waals surface area contributed by atoms with Gasteiger partial charge in [0.15, 0.2) is 17.3 Å². The van der Waals surface area contributed by atoms with E-state index >= 15 is 0 Å². The van der Waals surface area contributed by atoms with Crippen LogP contribution in [0, 0.1) is 0 Å². The molecule has 1 aliphatic rings. The summed E-state index contributed by atoms with van der Waals surface area (Å²) in [5, 5.41) is 9.40. The molecule has 10 nitrogen and oxygen atoms in total. The maximum Gasteiger partial charge on any atom is 0.322 e. The number of ether oxygens (including phenoxy) is 3. The van der Waals surface area contributed by atoms with Crippen LogP contribution in [0.3, 0.4) is 0 Å². The fraction of sp³-hybridized carbons (Fsp3) is 0.273. The Labute approximate surface area is 190 Å². The van der Waals surface area contributed by atoms with Gasteiger partial charge in [0.25, 0.3) is 0 Å². The predicted molar refractivity (Wildman–Crippen MR) is 120 cm³/mol. The van der Waals surface area contributed by atoms with Gasteiger partial charge in [0, 0.05) is 30.4 Å². The Balaban J connectivity index is 1.37. The van der Waals surface area contributed by atoms with E-state index in [2.05, 4.69) is 19.9 Å². The van der Waals surface area contributed by atoms with Crippen LogP contribution in [0.4, 0.5) is 0 Å². The molecule has 0 aliphatic carbocycles. The van der Waals surface area contributed by atoms with E-state index in [1.807, 2.05) is 37.4 Å². The molecular weight excluding hydrogens is 446 g/mol. The van der Waals surface area contributed by atoms with Gasteiger partial charge in [-0.05, 0) is 49.6 Å². The largest absolute Gasteiger partial charge is 0.486 e. The van der Waals surface area contributed by atoms with Gasteiger partial charge in [-0.15, -0.1) is 5.10 Å². The van der Waals surface area contributed by atoms with Crippen LogP contribution in [-0.2, 0) is 16.6 Å². The standard InChI is InChI=1S/C22H23N5O5S/c1-3-27-21(24-25-22(27)32-16-5-4-15-8-9-23-18(15)12-16)14(2)26-33(28,29)17-6-7-19-20(13-17)31-11-10-30-19/h4-9,12-14,23,26H,3,10-11H2,1-2H3/t14-/m1/s1. The van der Waals surface area contributed by atoms with Crippen molar-refractivity contribution < 1.29 is 22.6 Å². The number of benzene rings is 2. The molecule has 0 bridgehead atoms. The molecule has 0 spiro atoms. The number of fused-ring (bicyclic) bond motifs is 2. The highest BCUT2D eigenvalue weighted by Crippen LogP contribution is 2.33. The van der Waals surface area contributed by atoms with E-state index in [-0.39, 0.29) is 10.9 Å². The number of hydrogen-bond acceptors (Lipinski definition) is 7. The number of hydrogen-bond donors (Lipinski definition) is 2. The zero-order valence-electron chi connectivity index (χ0n) is 18.1. The molecular formula is C22H23N5O5S. The smallest absolute Gasteiger partial charge is 0.322 e. The molecule has 172 valence electrons. The van der Waals surface area contributed by atoms with Crippen LogP contribution in [0.5, 0.6) is 23.3 Å². The number of H-pyrrole nitrogens is 1. The number of aromatic nitrogens is 4. The average molecular weight is 470 g/mol. The molecule has 1 atom stereocenters. The summed E-state index contributed by atoms with van der Waals surface area (Å²) < 4.78 is 47.3. The topological polar surface area (TPSA) is 120 Å². The minimum Gasteiger partial charge on any atom is -0.486 e. The van der Waals surface area contributed by atoms with E-state index in [1.165, 1.54) is 12.1 Å². The van der Waals surface area contributed by atoms with Gasteiger partial charge in [-0.1, -0.05) is 5.10 Å². The van der Waals surface area contributed by atoms with Crippen molar-refractivity contribution in [3.63, 3.8) is 0 Å². The van der Waals surface area contributed by atoms with E-state index in [0.717, 1.165) is 10.9 Å². The van der Waals surface area contributed by atoms with Crippen LogP contribution in [-0.4, -0.2) is 41.4 Å². The molecule has 5 rings (SSSR count). The van der Waals surface area contributed by atoms with Crippen molar-refractivity contribution in [2.75, 3.05) is 13.2 Å². The van der Waals surface area contributed by atoms with Gasteiger partial charge in [-0.25, -0.2) is 13.1 Å². The summed E-state index contributed by atoms with van der Waals surface area (Å²) in [4.78, 5) is 3.22. The molecule has 0 amide bonds. The molecule has 1 aliphatic heterocycles. The molecule has 2 aromatic heterocycles. The zero-order chi connectivity index (χ0) is 23.0. The molecule has 0 saturated heterocycles. The van der Waals surface area contributed by atoms with Crippen molar-refractivity contribution in [1.29, 1.82) is 0 Å². The summed E-state index contributed by atoms with van der Waals surface area (Å²) >= 11 is 0. The Bertz CT molecular complexity index is 1410. The van der Waals surface area contributed by atoms with Crippen molar-refractivity contribution in [3.8, 4) is 23.3 Å². The Morgan fingerprint density at radius 2 is 1.94 bits per heavy atom. The molecule has 2 aromatic carbocycles. The van der Waals surface area contributed by atoms with Crippen molar-refractivity contribution in [1.82, 2.24) is 24.5 Å². The number of aromatic amines is 1. The summed E-state index contributed by atoms with van der Waals surface area (Å²) in [7, 11) is -3.85. The maximum absolute atomic E-state index is 13.0. The molecule has 11 heteroatoms. The molecule has 2 N–H and O–H groups in total. The minimum absolute atomic E-state index is 0.0805. The van der Waals surface area contributed by atoms with E-state index in [4.69, 9.17) is 14.2 Å². The lowest BCUT2D eigenvalue weighted by molar-refractivity contribution is 0.171. The van der Waals surface area contributed by atoms with Gasteiger partial charge in [-0.2, -0.15) is 0 Å². The Kier molecular flexibility index (Phi) is 5.43. The fourth-order valence-electron chi connectivity index (χ4n) is 3.73. The van der Waals surface area contributed by atoms with Crippen molar-refractivity contribution in [2.24, 2.45) is 0 Å². The van der Waals surface area contributed by atoms with Crippen molar-refractivity contribution in [3.05, 3.63) is 54.5 Å². The monoisotopic (exact) mass is 469 g/mol. The van der Waals surface area contributed by atoms with E-state index in [1.54, 1.807) is 17.6 Å². The van der Waals surface area contributed by atoms with Gasteiger partial charge in [-0.3, -0.25) is 4.57 Å². The first-order chi connectivity index (χ1) is 15.9. The van der Waals surface area contributed by atoms with Crippen LogP contribution in [0.2, 0.25) is 0 Å². The normalized spacial score (nSPS) is 14.4. The number of rotatable bonds is 7. The molecule has 3 heterocycles. The molecule has 33 heavy (non-hydrogen) atoms. The van der Waals surface area contributed by atoms with Gasteiger partial charge < -0.3 is 19.2 Å². The summed E-state index contributed by atoms with van der Waals surface area (Å²) in [6.45, 7) is 4.93. The second-order valence-corrected chi connectivity index (χ2v) is 9.28. The number of nitrogens with zero attached hydrogens (tertiary/aromatic N) is 3. The fourth-order valence-corrected chi connectivity index (χ4v) is 4.95. The number of nitrogens with one attached hydrogen (secondary N) is 2. The third kappa shape index (κ3) is 4.12. The van der Waals surface area contributed by atoms with Crippen LogP contribution in [0.1, 0.15) is 25.7 Å². The molecule has 0 saturated carbocycles. The molecule has 4 aromatic rings. The van der Waals surface area contributed by atoms with E-state index in [0.29, 0.717) is 42.8 Å². The SMILES string of the molecule is CCn1c(Oc2ccc3cc[nH]c3c2)nnc1[C@@H](C)NS(=O)(=O)c1ccc2c(c1)OCCO2. The lowest BCUT2D eigenvalue weighted by atomic mass is 10.2. The third-order valence-electron chi connectivity index (χ3n) is 5.34. The first-order valence-corrected chi connectivity index (χ1v) is 12.0. The Morgan fingerprint density at radius 3 is 2.76 bits per heavy atom. The molecule has 0 radical (unpaired) electrons. The highest BCUT2D eigenvalue weighted by molar-refractivity contribution is 7.89. The average Bonchev–Trinajstić information content (AvgIpc) is 3.44. The molecule has 0 fully saturated rings. The first kappa shape index (κ1) is 21.3. The Morgan fingerprint density at radius 1 is 1.12 bits per heavy atom. The van der Waals surface area contributed by atoms with Crippen LogP contribution < -0.4 is 18.9 Å². The summed E-state index contributed by atoms with van der Waals surface area (Å²) in [6.07, 6.45) is 1.86. The van der Waals surface area contributed by atoms with Crippen LogP contribution in [0.25, 0.3) is 10.9 Å². The first-order valence-electron chi connectivity index (χ1n) is 10.5. The Hall–Kier alpha value is -3.57. The predicted octanol–water partition coefficient (Wildman–Crippen LogP) is 3.38. The zero-order valence-corrected chi connectivity index (χ0v) is 18.9. The van der Waals surface area contributed by atoms with Gasteiger partial charge >= 0.3 is 6.01 Å². The minimum atomic E-state index is -3.85.